The van der Waals surface area contributed by atoms with Crippen molar-refractivity contribution in [3.05, 3.63) is 35.4 Å². The summed E-state index contributed by atoms with van der Waals surface area (Å²) in [5.74, 6) is 0.837. The van der Waals surface area contributed by atoms with Crippen LogP contribution >= 0.6 is 0 Å². The molecule has 1 saturated heterocycles. The Morgan fingerprint density at radius 3 is 2.82 bits per heavy atom. The first-order valence-corrected chi connectivity index (χ1v) is 6.70. The summed E-state index contributed by atoms with van der Waals surface area (Å²) in [4.78, 5) is 14.2. The van der Waals surface area contributed by atoms with E-state index in [1.807, 2.05) is 4.90 Å². The predicted molar refractivity (Wildman–Crippen MR) is 67.9 cm³/mol. The van der Waals surface area contributed by atoms with Gasteiger partial charge in [0.15, 0.2) is 0 Å². The zero-order valence-electron chi connectivity index (χ0n) is 10.2. The first-order chi connectivity index (χ1) is 8.34. The molecule has 90 valence electrons. The van der Waals surface area contributed by atoms with Crippen molar-refractivity contribution in [2.75, 3.05) is 13.1 Å². The zero-order chi connectivity index (χ0) is 11.7. The van der Waals surface area contributed by atoms with E-state index in [0.717, 1.165) is 32.4 Å². The van der Waals surface area contributed by atoms with Gasteiger partial charge in [-0.1, -0.05) is 24.3 Å². The first-order valence-electron chi connectivity index (χ1n) is 6.70. The summed E-state index contributed by atoms with van der Waals surface area (Å²) in [6.07, 6.45) is 5.39. The van der Waals surface area contributed by atoms with Crippen LogP contribution in [0, 0.1) is 0 Å². The molecule has 0 N–H and O–H groups in total. The molecule has 3 rings (SSSR count). The minimum absolute atomic E-state index is 0.365. The second-order valence-corrected chi connectivity index (χ2v) is 5.23. The summed E-state index contributed by atoms with van der Waals surface area (Å²) in [6.45, 7) is 1.96. The molecule has 1 heterocycles. The maximum Gasteiger partial charge on any atom is 0.223 e. The molecule has 0 saturated carbocycles. The van der Waals surface area contributed by atoms with Gasteiger partial charge in [-0.25, -0.2) is 0 Å². The lowest BCUT2D eigenvalue weighted by atomic mass is 9.97. The van der Waals surface area contributed by atoms with Gasteiger partial charge in [0.05, 0.1) is 0 Å². The molecular weight excluding hydrogens is 210 g/mol. The number of aryl methyl sites for hydroxylation is 1. The summed E-state index contributed by atoms with van der Waals surface area (Å²) < 4.78 is 0. The predicted octanol–water partition coefficient (Wildman–Crippen LogP) is 2.73. The molecule has 17 heavy (non-hydrogen) atoms. The summed E-state index contributed by atoms with van der Waals surface area (Å²) in [6, 6.07) is 8.60. The van der Waals surface area contributed by atoms with E-state index in [9.17, 15) is 4.79 Å². The van der Waals surface area contributed by atoms with Crippen LogP contribution in [0.2, 0.25) is 0 Å². The average molecular weight is 229 g/mol. The Morgan fingerprint density at radius 1 is 1.24 bits per heavy atom. The molecular formula is C15H19NO. The molecule has 2 aliphatic rings. The normalized spacial score (nSPS) is 22.8. The molecule has 1 aromatic carbocycles. The summed E-state index contributed by atoms with van der Waals surface area (Å²) in [5, 5.41) is 0. The van der Waals surface area contributed by atoms with Crippen LogP contribution in [0.25, 0.3) is 0 Å². The number of rotatable bonds is 2. The smallest absolute Gasteiger partial charge is 0.223 e. The number of carbonyl (C=O) groups is 1. The summed E-state index contributed by atoms with van der Waals surface area (Å²) in [5.41, 5.74) is 2.87. The standard InChI is InChI=1S/C15H19NO/c17-15(16-9-3-4-10-16)11-13-8-7-12-5-1-2-6-14(12)13/h1-2,5-6,13H,3-4,7-11H2. The quantitative estimate of drug-likeness (QED) is 0.763. The molecule has 0 bridgehead atoms. The van der Waals surface area contributed by atoms with Crippen LogP contribution in [-0.4, -0.2) is 23.9 Å². The molecule has 2 nitrogen and oxygen atoms in total. The van der Waals surface area contributed by atoms with Crippen LogP contribution in [0.5, 0.6) is 0 Å². The van der Waals surface area contributed by atoms with Crippen molar-refractivity contribution in [2.24, 2.45) is 0 Å². The Morgan fingerprint density at radius 2 is 2.00 bits per heavy atom. The number of likely N-dealkylation sites (tertiary alicyclic amines) is 1. The number of carbonyl (C=O) groups excluding carboxylic acids is 1. The highest BCUT2D eigenvalue weighted by molar-refractivity contribution is 5.77. The van der Waals surface area contributed by atoms with Crippen molar-refractivity contribution in [3.8, 4) is 0 Å². The lowest BCUT2D eigenvalue weighted by molar-refractivity contribution is -0.130. The van der Waals surface area contributed by atoms with Crippen LogP contribution in [-0.2, 0) is 11.2 Å². The van der Waals surface area contributed by atoms with Crippen molar-refractivity contribution in [3.63, 3.8) is 0 Å². The van der Waals surface area contributed by atoms with Crippen molar-refractivity contribution >= 4 is 5.91 Å². The molecule has 0 radical (unpaired) electrons. The molecule has 1 aliphatic heterocycles. The van der Waals surface area contributed by atoms with E-state index in [1.54, 1.807) is 0 Å². The van der Waals surface area contributed by atoms with Gasteiger partial charge >= 0.3 is 0 Å². The van der Waals surface area contributed by atoms with Gasteiger partial charge in [-0.05, 0) is 42.7 Å². The SMILES string of the molecule is O=C(CC1CCc2ccccc21)N1CCCC1. The van der Waals surface area contributed by atoms with Gasteiger partial charge in [0, 0.05) is 19.5 Å². The van der Waals surface area contributed by atoms with Gasteiger partial charge in [0.1, 0.15) is 0 Å². The van der Waals surface area contributed by atoms with E-state index < -0.39 is 0 Å². The van der Waals surface area contributed by atoms with E-state index >= 15 is 0 Å². The number of amides is 1. The van der Waals surface area contributed by atoms with Crippen molar-refractivity contribution in [1.82, 2.24) is 4.90 Å². The van der Waals surface area contributed by atoms with Gasteiger partial charge in [-0.2, -0.15) is 0 Å². The zero-order valence-corrected chi connectivity index (χ0v) is 10.2. The van der Waals surface area contributed by atoms with Gasteiger partial charge < -0.3 is 4.90 Å². The van der Waals surface area contributed by atoms with Crippen molar-refractivity contribution < 1.29 is 4.79 Å². The fourth-order valence-electron chi connectivity index (χ4n) is 3.16. The molecule has 1 fully saturated rings. The Kier molecular flexibility index (Phi) is 2.87. The first kappa shape index (κ1) is 10.8. The number of nitrogens with zero attached hydrogens (tertiary/aromatic N) is 1. The molecule has 2 heteroatoms. The lowest BCUT2D eigenvalue weighted by Gasteiger charge is -2.18. The maximum atomic E-state index is 12.1. The lowest BCUT2D eigenvalue weighted by Crippen LogP contribution is -2.28. The van der Waals surface area contributed by atoms with E-state index in [-0.39, 0.29) is 0 Å². The van der Waals surface area contributed by atoms with Gasteiger partial charge in [0.2, 0.25) is 5.91 Å². The molecule has 1 unspecified atom stereocenters. The van der Waals surface area contributed by atoms with Crippen molar-refractivity contribution in [2.45, 2.75) is 38.0 Å². The number of fused-ring (bicyclic) bond motifs is 1. The van der Waals surface area contributed by atoms with Gasteiger partial charge in [-0.3, -0.25) is 4.79 Å². The highest BCUT2D eigenvalue weighted by atomic mass is 16.2. The molecule has 1 aliphatic carbocycles. The van der Waals surface area contributed by atoms with Crippen LogP contribution in [0.4, 0.5) is 0 Å². The highest BCUT2D eigenvalue weighted by Crippen LogP contribution is 2.35. The second kappa shape index (κ2) is 4.52. The second-order valence-electron chi connectivity index (χ2n) is 5.23. The van der Waals surface area contributed by atoms with E-state index in [2.05, 4.69) is 24.3 Å². The Hall–Kier alpha value is -1.31. The third-order valence-electron chi connectivity index (χ3n) is 4.14. The fraction of sp³-hybridized carbons (Fsp3) is 0.533. The van der Waals surface area contributed by atoms with Crippen molar-refractivity contribution in [1.29, 1.82) is 0 Å². The van der Waals surface area contributed by atoms with E-state index in [0.29, 0.717) is 11.8 Å². The minimum atomic E-state index is 0.365. The Bertz CT molecular complexity index is 421. The topological polar surface area (TPSA) is 20.3 Å². The van der Waals surface area contributed by atoms with E-state index in [4.69, 9.17) is 0 Å². The minimum Gasteiger partial charge on any atom is -0.343 e. The molecule has 1 atom stereocenters. The number of hydrogen-bond acceptors (Lipinski definition) is 1. The van der Waals surface area contributed by atoms with Gasteiger partial charge in [0.25, 0.3) is 0 Å². The molecule has 0 aromatic heterocycles. The average Bonchev–Trinajstić information content (AvgIpc) is 2.98. The molecule has 0 spiro atoms. The highest BCUT2D eigenvalue weighted by Gasteiger charge is 2.27. The van der Waals surface area contributed by atoms with Crippen LogP contribution in [0.1, 0.15) is 42.7 Å². The number of benzene rings is 1. The molecule has 1 aromatic rings. The third-order valence-corrected chi connectivity index (χ3v) is 4.14. The van der Waals surface area contributed by atoms with Crippen LogP contribution < -0.4 is 0 Å². The van der Waals surface area contributed by atoms with Crippen LogP contribution in [0.3, 0.4) is 0 Å². The summed E-state index contributed by atoms with van der Waals surface area (Å²) >= 11 is 0. The third kappa shape index (κ3) is 2.08. The Labute approximate surface area is 103 Å². The maximum absolute atomic E-state index is 12.1. The van der Waals surface area contributed by atoms with Crippen LogP contribution in [0.15, 0.2) is 24.3 Å². The monoisotopic (exact) mass is 229 g/mol. The number of hydrogen-bond donors (Lipinski definition) is 0. The fourth-order valence-corrected chi connectivity index (χ4v) is 3.16. The Balaban J connectivity index is 1.68. The largest absolute Gasteiger partial charge is 0.343 e. The van der Waals surface area contributed by atoms with E-state index in [1.165, 1.54) is 24.0 Å². The molecule has 1 amide bonds. The summed E-state index contributed by atoms with van der Waals surface area (Å²) in [7, 11) is 0. The van der Waals surface area contributed by atoms with Gasteiger partial charge in [-0.15, -0.1) is 0 Å².